The summed E-state index contributed by atoms with van der Waals surface area (Å²) in [5.41, 5.74) is 2.22. The second kappa shape index (κ2) is 6.52. The molecule has 124 valence electrons. The number of pyridine rings is 1. The van der Waals surface area contributed by atoms with Crippen molar-refractivity contribution in [2.24, 2.45) is 0 Å². The highest BCUT2D eigenvalue weighted by atomic mass is 32.1. The molecule has 0 unspecified atom stereocenters. The molecule has 3 nitrogen and oxygen atoms in total. The van der Waals surface area contributed by atoms with E-state index in [1.807, 2.05) is 6.07 Å². The molecule has 0 radical (unpaired) electrons. The maximum Gasteiger partial charge on any atom is 0.261 e. The molecule has 0 bridgehead atoms. The van der Waals surface area contributed by atoms with Crippen LogP contribution in [0, 0.1) is 6.92 Å². The fourth-order valence-electron chi connectivity index (χ4n) is 3.55. The molecular formula is C20H22N2OS. The molecule has 1 N–H and O–H groups in total. The number of rotatable bonds is 2. The van der Waals surface area contributed by atoms with E-state index in [0.717, 1.165) is 38.8 Å². The lowest BCUT2D eigenvalue weighted by Gasteiger charge is -2.15. The maximum absolute atomic E-state index is 12.6. The largest absolute Gasteiger partial charge is 0.349 e. The standard InChI is InChI=1S/C20H22N2OS/c1-13-8-9-17-14(10-13)11-15-12-18(24-20(15)22-17)19(23)21-16-6-4-2-3-5-7-16/h8-12,16H,2-7H2,1H3,(H,21,23). The molecule has 2 aromatic heterocycles. The summed E-state index contributed by atoms with van der Waals surface area (Å²) in [5.74, 6) is 0.0603. The number of nitrogens with one attached hydrogen (secondary N) is 1. The number of aromatic nitrogens is 1. The number of hydrogen-bond donors (Lipinski definition) is 1. The zero-order valence-electron chi connectivity index (χ0n) is 14.0. The lowest BCUT2D eigenvalue weighted by atomic mass is 10.1. The Morgan fingerprint density at radius 1 is 1.08 bits per heavy atom. The summed E-state index contributed by atoms with van der Waals surface area (Å²) in [6, 6.07) is 10.7. The minimum atomic E-state index is 0.0603. The number of fused-ring (bicyclic) bond motifs is 2. The fraction of sp³-hybridized carbons (Fsp3) is 0.400. The molecule has 1 aliphatic rings. The van der Waals surface area contributed by atoms with Crippen LogP contribution in [-0.4, -0.2) is 16.9 Å². The SMILES string of the molecule is Cc1ccc2nc3sc(C(=O)NC4CCCCCC4)cc3cc2c1. The number of carbonyl (C=O) groups is 1. The van der Waals surface area contributed by atoms with Crippen LogP contribution in [0.4, 0.5) is 0 Å². The summed E-state index contributed by atoms with van der Waals surface area (Å²) in [6.07, 6.45) is 7.26. The Balaban J connectivity index is 1.61. The molecule has 1 aliphatic carbocycles. The average molecular weight is 338 g/mol. The van der Waals surface area contributed by atoms with E-state index >= 15 is 0 Å². The van der Waals surface area contributed by atoms with Gasteiger partial charge in [0, 0.05) is 16.8 Å². The predicted molar refractivity (Wildman–Crippen MR) is 101 cm³/mol. The van der Waals surface area contributed by atoms with Crippen molar-refractivity contribution >= 4 is 38.4 Å². The molecule has 1 saturated carbocycles. The smallest absolute Gasteiger partial charge is 0.261 e. The number of benzene rings is 1. The number of amides is 1. The van der Waals surface area contributed by atoms with E-state index in [9.17, 15) is 4.79 Å². The molecule has 0 saturated heterocycles. The highest BCUT2D eigenvalue weighted by Gasteiger charge is 2.18. The summed E-state index contributed by atoms with van der Waals surface area (Å²) in [6.45, 7) is 2.09. The van der Waals surface area contributed by atoms with Crippen LogP contribution >= 0.6 is 11.3 Å². The molecule has 1 fully saturated rings. The van der Waals surface area contributed by atoms with Crippen LogP contribution in [0.25, 0.3) is 21.1 Å². The Labute approximate surface area is 146 Å². The highest BCUT2D eigenvalue weighted by Crippen LogP contribution is 2.28. The molecule has 1 amide bonds. The summed E-state index contributed by atoms with van der Waals surface area (Å²) in [5, 5.41) is 5.43. The Morgan fingerprint density at radius 3 is 2.67 bits per heavy atom. The molecule has 3 aromatic rings. The first kappa shape index (κ1) is 15.6. The van der Waals surface area contributed by atoms with Crippen LogP contribution in [0.1, 0.15) is 53.8 Å². The van der Waals surface area contributed by atoms with E-state index in [1.165, 1.54) is 42.6 Å². The van der Waals surface area contributed by atoms with Crippen molar-refractivity contribution in [1.29, 1.82) is 0 Å². The monoisotopic (exact) mass is 338 g/mol. The first-order valence-corrected chi connectivity index (χ1v) is 9.62. The lowest BCUT2D eigenvalue weighted by Crippen LogP contribution is -2.33. The van der Waals surface area contributed by atoms with Crippen molar-refractivity contribution < 1.29 is 4.79 Å². The van der Waals surface area contributed by atoms with Crippen LogP contribution < -0.4 is 5.32 Å². The van der Waals surface area contributed by atoms with Gasteiger partial charge in [-0.05, 0) is 44.0 Å². The molecule has 0 atom stereocenters. The second-order valence-electron chi connectivity index (χ2n) is 6.85. The second-order valence-corrected chi connectivity index (χ2v) is 7.88. The number of thiophene rings is 1. The third kappa shape index (κ3) is 3.16. The van der Waals surface area contributed by atoms with Crippen LogP contribution in [0.3, 0.4) is 0 Å². The molecular weight excluding hydrogens is 316 g/mol. The van der Waals surface area contributed by atoms with Crippen molar-refractivity contribution in [1.82, 2.24) is 10.3 Å². The zero-order chi connectivity index (χ0) is 16.5. The highest BCUT2D eigenvalue weighted by molar-refractivity contribution is 7.20. The molecule has 2 heterocycles. The first-order chi connectivity index (χ1) is 11.7. The van der Waals surface area contributed by atoms with Gasteiger partial charge in [-0.2, -0.15) is 0 Å². The molecule has 24 heavy (non-hydrogen) atoms. The van der Waals surface area contributed by atoms with Crippen LogP contribution in [-0.2, 0) is 0 Å². The Morgan fingerprint density at radius 2 is 1.88 bits per heavy atom. The number of carbonyl (C=O) groups excluding carboxylic acids is 1. The lowest BCUT2D eigenvalue weighted by molar-refractivity contribution is 0.0937. The predicted octanol–water partition coefficient (Wildman–Crippen LogP) is 5.21. The first-order valence-electron chi connectivity index (χ1n) is 8.81. The zero-order valence-corrected chi connectivity index (χ0v) is 14.8. The van der Waals surface area contributed by atoms with Gasteiger partial charge in [-0.15, -0.1) is 11.3 Å². The summed E-state index contributed by atoms with van der Waals surface area (Å²) >= 11 is 1.50. The van der Waals surface area contributed by atoms with Gasteiger partial charge in [0.25, 0.3) is 5.91 Å². The van der Waals surface area contributed by atoms with Gasteiger partial charge < -0.3 is 5.32 Å². The topological polar surface area (TPSA) is 42.0 Å². The quantitative estimate of drug-likeness (QED) is 0.652. The van der Waals surface area contributed by atoms with Crippen molar-refractivity contribution in [3.8, 4) is 0 Å². The minimum Gasteiger partial charge on any atom is -0.349 e. The van der Waals surface area contributed by atoms with Gasteiger partial charge >= 0.3 is 0 Å². The van der Waals surface area contributed by atoms with E-state index in [1.54, 1.807) is 0 Å². The van der Waals surface area contributed by atoms with Crippen molar-refractivity contribution in [2.45, 2.75) is 51.5 Å². The van der Waals surface area contributed by atoms with E-state index in [2.05, 4.69) is 36.5 Å². The van der Waals surface area contributed by atoms with Crippen LogP contribution in [0.15, 0.2) is 30.3 Å². The third-order valence-corrected chi connectivity index (χ3v) is 5.91. The number of nitrogens with zero attached hydrogens (tertiary/aromatic N) is 1. The van der Waals surface area contributed by atoms with Gasteiger partial charge in [-0.25, -0.2) is 4.98 Å². The molecule has 4 heteroatoms. The average Bonchev–Trinajstić information content (AvgIpc) is 2.80. The van der Waals surface area contributed by atoms with E-state index in [0.29, 0.717) is 6.04 Å². The molecule has 0 aliphatic heterocycles. The van der Waals surface area contributed by atoms with Crippen molar-refractivity contribution in [3.63, 3.8) is 0 Å². The number of hydrogen-bond acceptors (Lipinski definition) is 3. The Kier molecular flexibility index (Phi) is 4.23. The van der Waals surface area contributed by atoms with E-state index in [4.69, 9.17) is 4.98 Å². The third-order valence-electron chi connectivity index (χ3n) is 4.87. The number of aryl methyl sites for hydroxylation is 1. The normalized spacial score (nSPS) is 16.4. The summed E-state index contributed by atoms with van der Waals surface area (Å²) < 4.78 is 0. The molecule has 0 spiro atoms. The molecule has 4 rings (SSSR count). The van der Waals surface area contributed by atoms with Gasteiger partial charge in [-0.1, -0.05) is 37.3 Å². The van der Waals surface area contributed by atoms with Crippen LogP contribution in [0.5, 0.6) is 0 Å². The summed E-state index contributed by atoms with van der Waals surface area (Å²) in [7, 11) is 0. The van der Waals surface area contributed by atoms with E-state index < -0.39 is 0 Å². The summed E-state index contributed by atoms with van der Waals surface area (Å²) in [4.78, 5) is 19.0. The minimum absolute atomic E-state index is 0.0603. The Hall–Kier alpha value is -1.94. The van der Waals surface area contributed by atoms with Crippen LogP contribution in [0.2, 0.25) is 0 Å². The van der Waals surface area contributed by atoms with Gasteiger partial charge in [0.15, 0.2) is 0 Å². The fourth-order valence-corrected chi connectivity index (χ4v) is 4.47. The van der Waals surface area contributed by atoms with Gasteiger partial charge in [0.1, 0.15) is 4.83 Å². The molecule has 1 aromatic carbocycles. The van der Waals surface area contributed by atoms with Gasteiger partial charge in [0.2, 0.25) is 0 Å². The Bertz CT molecular complexity index is 891. The van der Waals surface area contributed by atoms with Crippen molar-refractivity contribution in [3.05, 3.63) is 40.8 Å². The van der Waals surface area contributed by atoms with Crippen molar-refractivity contribution in [2.75, 3.05) is 0 Å². The van der Waals surface area contributed by atoms with Gasteiger partial charge in [0.05, 0.1) is 10.4 Å². The van der Waals surface area contributed by atoms with E-state index in [-0.39, 0.29) is 5.91 Å². The maximum atomic E-state index is 12.6. The van der Waals surface area contributed by atoms with Gasteiger partial charge in [-0.3, -0.25) is 4.79 Å².